The van der Waals surface area contributed by atoms with Crippen molar-refractivity contribution in [2.45, 2.75) is 0 Å². The molecule has 0 amide bonds. The van der Waals surface area contributed by atoms with Crippen molar-refractivity contribution in [1.29, 1.82) is 0 Å². The van der Waals surface area contributed by atoms with Crippen molar-refractivity contribution in [1.82, 2.24) is 0 Å². The number of hydrogen-bond donors (Lipinski definition) is 0. The van der Waals surface area contributed by atoms with Crippen molar-refractivity contribution in [3.63, 3.8) is 0 Å². The molecule has 1 nitrogen and oxygen atoms in total. The van der Waals surface area contributed by atoms with E-state index in [4.69, 9.17) is 44.4 Å². The quantitative estimate of drug-likeness (QED) is 0.493. The van der Waals surface area contributed by atoms with E-state index in [9.17, 15) is 4.55 Å². The summed E-state index contributed by atoms with van der Waals surface area (Å²) >= 11 is 15.3. The first-order valence-electron chi connectivity index (χ1n) is 1.09. The van der Waals surface area contributed by atoms with Crippen LogP contribution in [0, 0.1) is 0 Å². The van der Waals surface area contributed by atoms with Crippen LogP contribution in [0.25, 0.3) is 0 Å². The van der Waals surface area contributed by atoms with Crippen molar-refractivity contribution in [2.24, 2.45) is 0 Å². The van der Waals surface area contributed by atoms with E-state index in [2.05, 4.69) is 0 Å². The van der Waals surface area contributed by atoms with Crippen LogP contribution in [0.15, 0.2) is 0 Å². The molecule has 46 valence electrons. The molecule has 0 heterocycles. The molecule has 0 aromatic carbocycles. The third-order valence-corrected chi connectivity index (χ3v) is 9.64. The predicted molar refractivity (Wildman–Crippen MR) is 39.9 cm³/mol. The molecule has 0 aromatic heterocycles. The van der Waals surface area contributed by atoms with Gasteiger partial charge in [-0.25, -0.2) is 0 Å². The van der Waals surface area contributed by atoms with E-state index in [0.717, 1.165) is 0 Å². The molecule has 0 rings (SSSR count). The van der Waals surface area contributed by atoms with Crippen LogP contribution in [0.2, 0.25) is 0 Å². The number of halogens is 4. The van der Waals surface area contributed by atoms with Gasteiger partial charge in [0.05, 0.1) is 0 Å². The topological polar surface area (TPSA) is 23.1 Å². The molecule has 0 saturated heterocycles. The Morgan fingerprint density at radius 3 is 1.43 bits per heavy atom. The molecular weight excluding hydrogens is 221 g/mol. The van der Waals surface area contributed by atoms with Crippen LogP contribution in [0.3, 0.4) is 0 Å². The molecular formula is HCl4OPS. The molecule has 0 saturated carbocycles. The summed E-state index contributed by atoms with van der Waals surface area (Å²) in [6.07, 6.45) is 0. The first kappa shape index (κ1) is 8.90. The van der Waals surface area contributed by atoms with Gasteiger partial charge in [0.15, 0.2) is 0 Å². The summed E-state index contributed by atoms with van der Waals surface area (Å²) in [6, 6.07) is 0. The zero-order valence-corrected chi connectivity index (χ0v) is 7.67. The van der Waals surface area contributed by atoms with Crippen molar-refractivity contribution in [3.8, 4) is 0 Å². The van der Waals surface area contributed by atoms with Crippen molar-refractivity contribution >= 4 is 58.9 Å². The van der Waals surface area contributed by atoms with Gasteiger partial charge < -0.3 is 0 Å². The third kappa shape index (κ3) is 4.41. The molecule has 0 fully saturated rings. The Balaban J connectivity index is 3.54. The van der Waals surface area contributed by atoms with Gasteiger partial charge in [-0.15, -0.1) is 0 Å². The minimum atomic E-state index is -3.08. The number of rotatable bonds is 1. The van der Waals surface area contributed by atoms with E-state index >= 15 is 0 Å². The molecule has 0 aromatic rings. The summed E-state index contributed by atoms with van der Waals surface area (Å²) in [5.41, 5.74) is 0. The fourth-order valence-corrected chi connectivity index (χ4v) is 0. The van der Waals surface area contributed by atoms with Crippen LogP contribution in [-0.4, -0.2) is 4.55 Å². The standard InChI is InChI=1S/Cl4HOPS/c1-6(2,3)7(4)5/h6H. The fourth-order valence-electron chi connectivity index (χ4n) is 0. The molecule has 7 heavy (non-hydrogen) atoms. The summed E-state index contributed by atoms with van der Waals surface area (Å²) in [4.78, 5) is 0. The zero-order chi connectivity index (χ0) is 6.08. The Morgan fingerprint density at radius 1 is 1.29 bits per heavy atom. The van der Waals surface area contributed by atoms with Crippen molar-refractivity contribution in [3.05, 3.63) is 0 Å². The van der Waals surface area contributed by atoms with Gasteiger partial charge in [-0.2, -0.15) is 0 Å². The molecule has 0 aliphatic heterocycles. The van der Waals surface area contributed by atoms with Crippen molar-refractivity contribution < 1.29 is 4.55 Å². The van der Waals surface area contributed by atoms with Gasteiger partial charge >= 0.3 is 63.5 Å². The summed E-state index contributed by atoms with van der Waals surface area (Å²) < 4.78 is 6.93. The van der Waals surface area contributed by atoms with Gasteiger partial charge in [0.25, 0.3) is 0 Å². The molecule has 0 radical (unpaired) electrons. The van der Waals surface area contributed by atoms with E-state index in [1.807, 2.05) is 0 Å². The summed E-state index contributed by atoms with van der Waals surface area (Å²) in [7, 11) is 3.12. The van der Waals surface area contributed by atoms with Crippen molar-refractivity contribution in [2.75, 3.05) is 0 Å². The maximum absolute atomic E-state index is 10.0. The number of hydrogen-bond acceptors (Lipinski definition) is 1. The van der Waals surface area contributed by atoms with Gasteiger partial charge in [0, 0.05) is 0 Å². The average molecular weight is 222 g/mol. The van der Waals surface area contributed by atoms with Crippen LogP contribution in [0.1, 0.15) is 0 Å². The SMILES string of the molecule is [O-][S+](Cl)[PH](Cl)(Cl)Cl. The molecule has 0 N–H and O–H groups in total. The molecule has 0 aliphatic rings. The van der Waals surface area contributed by atoms with E-state index in [0.29, 0.717) is 0 Å². The van der Waals surface area contributed by atoms with Crippen LogP contribution >= 0.6 is 48.9 Å². The van der Waals surface area contributed by atoms with E-state index < -0.39 is 14.5 Å². The zero-order valence-electron chi connectivity index (χ0n) is 2.83. The molecule has 1 unspecified atom stereocenters. The molecule has 1 atom stereocenters. The maximum atomic E-state index is 10.0. The van der Waals surface area contributed by atoms with Gasteiger partial charge in [-0.05, 0) is 0 Å². The Bertz CT molecular complexity index is 57.2. The molecule has 7 heteroatoms. The summed E-state index contributed by atoms with van der Waals surface area (Å²) in [5.74, 6) is 0. The van der Waals surface area contributed by atoms with Gasteiger partial charge in [-0.1, -0.05) is 0 Å². The first-order chi connectivity index (χ1) is 2.94. The normalized spacial score (nSPS) is 19.0. The van der Waals surface area contributed by atoms with Crippen LogP contribution in [0.4, 0.5) is 0 Å². The molecule has 0 bridgehead atoms. The van der Waals surface area contributed by atoms with Gasteiger partial charge in [0.1, 0.15) is 0 Å². The second-order valence-electron chi connectivity index (χ2n) is 0.669. The summed E-state index contributed by atoms with van der Waals surface area (Å²) in [6.45, 7) is 0. The van der Waals surface area contributed by atoms with Crippen LogP contribution < -0.4 is 0 Å². The Morgan fingerprint density at radius 2 is 1.43 bits per heavy atom. The van der Waals surface area contributed by atoms with Crippen LogP contribution in [-0.2, 0) is 10.0 Å². The van der Waals surface area contributed by atoms with E-state index in [1.54, 1.807) is 0 Å². The Labute approximate surface area is 63.4 Å². The average Bonchev–Trinajstić information content (AvgIpc) is 1.31. The Hall–Kier alpha value is 1.90. The van der Waals surface area contributed by atoms with Crippen LogP contribution in [0.5, 0.6) is 0 Å². The van der Waals surface area contributed by atoms with E-state index in [-0.39, 0.29) is 0 Å². The molecule has 0 aliphatic carbocycles. The monoisotopic (exact) mass is 220 g/mol. The Kier molecular flexibility index (Phi) is 4.02. The fraction of sp³-hybridized carbons (Fsp3) is 0. The van der Waals surface area contributed by atoms with Gasteiger partial charge in [0.2, 0.25) is 0 Å². The molecule has 0 spiro atoms. The van der Waals surface area contributed by atoms with Gasteiger partial charge in [-0.3, -0.25) is 0 Å². The third-order valence-electron chi connectivity index (χ3n) is 0.182. The second-order valence-corrected chi connectivity index (χ2v) is 15.4. The predicted octanol–water partition coefficient (Wildman–Crippen LogP) is 3.02. The second kappa shape index (κ2) is 3.17. The first-order valence-corrected chi connectivity index (χ1v) is 8.83. The summed E-state index contributed by atoms with van der Waals surface area (Å²) in [5, 5.41) is 0. The van der Waals surface area contributed by atoms with E-state index in [1.165, 1.54) is 0 Å². The minimum absolute atomic E-state index is 1.78.